The van der Waals surface area contributed by atoms with Crippen LogP contribution in [0.3, 0.4) is 0 Å². The number of aryl methyl sites for hydroxylation is 1. The molecule has 1 N–H and O–H groups in total. The van der Waals surface area contributed by atoms with Crippen molar-refractivity contribution in [2.45, 2.75) is 51.9 Å². The third-order valence-electron chi connectivity index (χ3n) is 6.59. The second-order valence-corrected chi connectivity index (χ2v) is 10.3. The number of halogens is 3. The Morgan fingerprint density at radius 2 is 2.05 bits per heavy atom. The average molecular weight is 542 g/mol. The summed E-state index contributed by atoms with van der Waals surface area (Å²) in [6, 6.07) is 10.9. The van der Waals surface area contributed by atoms with Crippen molar-refractivity contribution >= 4 is 17.2 Å². The number of amides is 1. The number of benzene rings is 1. The van der Waals surface area contributed by atoms with Gasteiger partial charge in [-0.25, -0.2) is 0 Å². The first kappa shape index (κ1) is 27.6. The SMILES string of the molecule is CCCCNC/C=C/C(=O)N1Cc2sc(C#N)cc2C(c2ccccc2-c2cn(CC)nc2C(F)(F)F)C1. The Balaban J connectivity index is 1.71. The molecular formula is C28H30F3N5OS. The Kier molecular flexibility index (Phi) is 8.69. The van der Waals surface area contributed by atoms with E-state index in [0.29, 0.717) is 42.2 Å². The summed E-state index contributed by atoms with van der Waals surface area (Å²) >= 11 is 1.32. The van der Waals surface area contributed by atoms with Crippen LogP contribution in [-0.2, 0) is 24.1 Å². The third kappa shape index (κ3) is 6.00. The van der Waals surface area contributed by atoms with Crippen molar-refractivity contribution in [3.63, 3.8) is 0 Å². The van der Waals surface area contributed by atoms with Gasteiger partial charge in [0.15, 0.2) is 5.69 Å². The first-order valence-corrected chi connectivity index (χ1v) is 13.5. The molecule has 1 aliphatic rings. The molecule has 0 bridgehead atoms. The molecule has 1 atom stereocenters. The van der Waals surface area contributed by atoms with Gasteiger partial charge < -0.3 is 10.2 Å². The molecule has 2 aromatic heterocycles. The van der Waals surface area contributed by atoms with E-state index in [1.54, 1.807) is 54.3 Å². The van der Waals surface area contributed by atoms with Gasteiger partial charge in [-0.05, 0) is 42.6 Å². The average Bonchev–Trinajstić information content (AvgIpc) is 3.54. The molecule has 1 amide bonds. The first-order chi connectivity index (χ1) is 18.3. The molecule has 4 rings (SSSR count). The predicted molar refractivity (Wildman–Crippen MR) is 142 cm³/mol. The molecule has 1 aromatic carbocycles. The Morgan fingerprint density at radius 3 is 2.76 bits per heavy atom. The minimum atomic E-state index is -4.62. The van der Waals surface area contributed by atoms with Crippen molar-refractivity contribution in [3.05, 3.63) is 75.3 Å². The zero-order chi connectivity index (χ0) is 27.3. The number of thiophene rings is 1. The molecule has 0 aliphatic carbocycles. The van der Waals surface area contributed by atoms with E-state index >= 15 is 0 Å². The number of nitriles is 1. The maximum absolute atomic E-state index is 14.0. The number of alkyl halides is 3. The summed E-state index contributed by atoms with van der Waals surface area (Å²) in [7, 11) is 0. The van der Waals surface area contributed by atoms with Gasteiger partial charge in [0.1, 0.15) is 10.9 Å². The summed E-state index contributed by atoms with van der Waals surface area (Å²) in [5, 5.41) is 16.6. The molecule has 0 spiro atoms. The smallest absolute Gasteiger partial charge is 0.333 e. The lowest BCUT2D eigenvalue weighted by molar-refractivity contribution is -0.141. The molecule has 3 aromatic rings. The second kappa shape index (κ2) is 12.0. The van der Waals surface area contributed by atoms with E-state index < -0.39 is 11.9 Å². The highest BCUT2D eigenvalue weighted by Gasteiger charge is 2.39. The number of carbonyl (C=O) groups is 1. The van der Waals surface area contributed by atoms with Crippen LogP contribution in [0.25, 0.3) is 11.1 Å². The standard InChI is InChI=1S/C28H30F3N5OS/c1-3-5-12-33-13-8-11-26(37)35-16-23(22-14-19(15-32)38-25(22)18-35)20-9-6-7-10-21(20)24-17-36(4-2)34-27(24)28(29,30)31/h6-11,14,17,23,33H,3-5,12-13,16,18H2,1-2H3/b11-8+. The molecule has 0 fully saturated rings. The van der Waals surface area contributed by atoms with Crippen molar-refractivity contribution in [3.8, 4) is 17.2 Å². The van der Waals surface area contributed by atoms with Gasteiger partial charge in [-0.1, -0.05) is 43.7 Å². The number of nitrogens with one attached hydrogen (secondary N) is 1. The highest BCUT2D eigenvalue weighted by Crippen LogP contribution is 2.44. The molecule has 0 saturated carbocycles. The fourth-order valence-corrected chi connectivity index (χ4v) is 5.73. The molecule has 0 saturated heterocycles. The maximum atomic E-state index is 14.0. The van der Waals surface area contributed by atoms with Crippen LogP contribution in [0.1, 0.15) is 59.2 Å². The van der Waals surface area contributed by atoms with E-state index in [2.05, 4.69) is 23.4 Å². The number of carbonyl (C=O) groups excluding carboxylic acids is 1. The Hall–Kier alpha value is -3.42. The Bertz CT molecular complexity index is 1350. The van der Waals surface area contributed by atoms with Gasteiger partial charge in [0.05, 0.1) is 6.54 Å². The number of rotatable bonds is 9. The maximum Gasteiger partial charge on any atom is 0.435 e. The number of fused-ring (bicyclic) bond motifs is 1. The van der Waals surface area contributed by atoms with Gasteiger partial charge >= 0.3 is 6.18 Å². The van der Waals surface area contributed by atoms with Crippen LogP contribution in [0.2, 0.25) is 0 Å². The summed E-state index contributed by atoms with van der Waals surface area (Å²) in [5.41, 5.74) is 1.04. The lowest BCUT2D eigenvalue weighted by Gasteiger charge is -2.33. The van der Waals surface area contributed by atoms with Crippen LogP contribution in [0.15, 0.2) is 48.7 Å². The van der Waals surface area contributed by atoms with Crippen LogP contribution >= 0.6 is 11.3 Å². The number of unbranched alkanes of at least 4 members (excludes halogenated alkanes) is 1. The van der Waals surface area contributed by atoms with Gasteiger partial charge in [-0.15, -0.1) is 11.3 Å². The number of aromatic nitrogens is 2. The lowest BCUT2D eigenvalue weighted by atomic mass is 9.83. The van der Waals surface area contributed by atoms with E-state index in [9.17, 15) is 23.2 Å². The molecular weight excluding hydrogens is 511 g/mol. The van der Waals surface area contributed by atoms with Gasteiger partial charge in [-0.2, -0.15) is 23.5 Å². The molecule has 6 nitrogen and oxygen atoms in total. The molecule has 200 valence electrons. The van der Waals surface area contributed by atoms with Crippen LogP contribution in [0, 0.1) is 11.3 Å². The molecule has 3 heterocycles. The number of hydrogen-bond acceptors (Lipinski definition) is 5. The quantitative estimate of drug-likeness (QED) is 0.269. The Labute approximate surface area is 224 Å². The van der Waals surface area contributed by atoms with Gasteiger partial charge in [0, 0.05) is 48.3 Å². The minimum Gasteiger partial charge on any atom is -0.333 e. The molecule has 10 heteroatoms. The van der Waals surface area contributed by atoms with Crippen LogP contribution in [0.4, 0.5) is 13.2 Å². The summed E-state index contributed by atoms with van der Waals surface area (Å²) in [6.07, 6.45) is 2.29. The highest BCUT2D eigenvalue weighted by molar-refractivity contribution is 7.12. The van der Waals surface area contributed by atoms with Crippen molar-refractivity contribution in [2.75, 3.05) is 19.6 Å². The summed E-state index contributed by atoms with van der Waals surface area (Å²) in [4.78, 5) is 16.2. The summed E-state index contributed by atoms with van der Waals surface area (Å²) in [6.45, 7) is 6.26. The topological polar surface area (TPSA) is 74.0 Å². The first-order valence-electron chi connectivity index (χ1n) is 12.7. The molecule has 38 heavy (non-hydrogen) atoms. The minimum absolute atomic E-state index is 0.00809. The zero-order valence-corrected chi connectivity index (χ0v) is 22.2. The van der Waals surface area contributed by atoms with E-state index in [4.69, 9.17) is 0 Å². The largest absolute Gasteiger partial charge is 0.435 e. The summed E-state index contributed by atoms with van der Waals surface area (Å²) in [5.74, 6) is -0.559. The van der Waals surface area contributed by atoms with Crippen molar-refractivity contribution in [2.24, 2.45) is 0 Å². The highest BCUT2D eigenvalue weighted by atomic mass is 32.1. The van der Waals surface area contributed by atoms with Gasteiger partial charge in [-0.3, -0.25) is 9.48 Å². The van der Waals surface area contributed by atoms with Crippen LogP contribution in [0.5, 0.6) is 0 Å². The van der Waals surface area contributed by atoms with Gasteiger partial charge in [0.2, 0.25) is 5.91 Å². The fraction of sp³-hybridized carbons (Fsp3) is 0.393. The van der Waals surface area contributed by atoms with Crippen LogP contribution < -0.4 is 5.32 Å². The molecule has 0 radical (unpaired) electrons. The number of nitrogens with zero attached hydrogens (tertiary/aromatic N) is 4. The Morgan fingerprint density at radius 1 is 1.26 bits per heavy atom. The zero-order valence-electron chi connectivity index (χ0n) is 21.4. The second-order valence-electron chi connectivity index (χ2n) is 9.16. The van der Waals surface area contributed by atoms with E-state index in [0.717, 1.165) is 29.8 Å². The molecule has 1 unspecified atom stereocenters. The van der Waals surface area contributed by atoms with Crippen molar-refractivity contribution < 1.29 is 18.0 Å². The third-order valence-corrected chi connectivity index (χ3v) is 7.63. The fourth-order valence-electron chi connectivity index (χ4n) is 4.70. The molecule has 1 aliphatic heterocycles. The predicted octanol–water partition coefficient (Wildman–Crippen LogP) is 5.94. The van der Waals surface area contributed by atoms with E-state index in [1.807, 2.05) is 0 Å². The van der Waals surface area contributed by atoms with Crippen molar-refractivity contribution in [1.82, 2.24) is 20.0 Å². The van der Waals surface area contributed by atoms with E-state index in [1.165, 1.54) is 22.2 Å². The van der Waals surface area contributed by atoms with Gasteiger partial charge in [0.25, 0.3) is 0 Å². The monoisotopic (exact) mass is 541 g/mol. The lowest BCUT2D eigenvalue weighted by Crippen LogP contribution is -2.37. The van der Waals surface area contributed by atoms with Crippen molar-refractivity contribution in [1.29, 1.82) is 5.26 Å². The van der Waals surface area contributed by atoms with E-state index in [-0.39, 0.29) is 17.4 Å². The normalized spacial score (nSPS) is 15.6. The number of hydrogen-bond donors (Lipinski definition) is 1. The summed E-state index contributed by atoms with van der Waals surface area (Å²) < 4.78 is 43.1. The van der Waals surface area contributed by atoms with Crippen LogP contribution in [-0.4, -0.2) is 40.2 Å².